The van der Waals surface area contributed by atoms with E-state index < -0.39 is 24.3 Å². The number of benzene rings is 1. The molecule has 9 nitrogen and oxygen atoms in total. The molecule has 1 fully saturated rings. The van der Waals surface area contributed by atoms with Crippen LogP contribution in [0.4, 0.5) is 11.5 Å². The molecule has 4 rings (SSSR count). The minimum Gasteiger partial charge on any atom is -0.470 e. The molecule has 2 heterocycles. The minimum atomic E-state index is -0.907. The van der Waals surface area contributed by atoms with Gasteiger partial charge in [0.05, 0.1) is 12.2 Å². The zero-order valence-electron chi connectivity index (χ0n) is 16.3. The molecular formula is C21H22N4O5. The Kier molecular flexibility index (Phi) is 5.78. The lowest BCUT2D eigenvalue weighted by Crippen LogP contribution is -2.25. The van der Waals surface area contributed by atoms with Gasteiger partial charge >= 0.3 is 5.97 Å². The number of hydrogen-bond donors (Lipinski definition) is 2. The van der Waals surface area contributed by atoms with Gasteiger partial charge in [-0.3, -0.25) is 9.59 Å². The normalized spacial score (nSPS) is 16.5. The predicted octanol–water partition coefficient (Wildman–Crippen LogP) is 2.40. The van der Waals surface area contributed by atoms with E-state index in [0.29, 0.717) is 11.5 Å². The van der Waals surface area contributed by atoms with Crippen LogP contribution in [0.15, 0.2) is 54.1 Å². The molecule has 0 saturated heterocycles. The van der Waals surface area contributed by atoms with Crippen molar-refractivity contribution in [2.24, 2.45) is 0 Å². The Balaban J connectivity index is 1.36. The second-order valence-electron chi connectivity index (χ2n) is 7.13. The average molecular weight is 410 g/mol. The maximum atomic E-state index is 12.4. The van der Waals surface area contributed by atoms with Gasteiger partial charge in [-0.25, -0.2) is 9.48 Å². The van der Waals surface area contributed by atoms with Gasteiger partial charge in [0.25, 0.3) is 5.91 Å². The zero-order valence-corrected chi connectivity index (χ0v) is 16.3. The first-order valence-electron chi connectivity index (χ1n) is 9.84. The monoisotopic (exact) mass is 410 g/mol. The number of carbonyl (C=O) groups is 3. The summed E-state index contributed by atoms with van der Waals surface area (Å²) in [4.78, 5) is 36.8. The number of aromatic nitrogens is 2. The van der Waals surface area contributed by atoms with Crippen molar-refractivity contribution in [1.82, 2.24) is 9.78 Å². The number of amides is 1. The van der Waals surface area contributed by atoms with Crippen LogP contribution in [-0.2, 0) is 23.9 Å². The highest BCUT2D eigenvalue weighted by molar-refractivity contribution is 6.20. The molecule has 0 bridgehead atoms. The van der Waals surface area contributed by atoms with Gasteiger partial charge in [-0.15, -0.1) is 0 Å². The van der Waals surface area contributed by atoms with Crippen molar-refractivity contribution in [3.05, 3.63) is 54.1 Å². The number of nitrogens with one attached hydrogen (secondary N) is 2. The molecule has 0 atom stereocenters. The van der Waals surface area contributed by atoms with Gasteiger partial charge in [0, 0.05) is 11.8 Å². The van der Waals surface area contributed by atoms with Crippen molar-refractivity contribution in [3.63, 3.8) is 0 Å². The number of esters is 1. The lowest BCUT2D eigenvalue weighted by molar-refractivity contribution is -0.144. The van der Waals surface area contributed by atoms with Crippen LogP contribution in [0.5, 0.6) is 0 Å². The summed E-state index contributed by atoms with van der Waals surface area (Å²) in [7, 11) is 0. The molecule has 2 N–H and O–H groups in total. The van der Waals surface area contributed by atoms with Gasteiger partial charge in [0.2, 0.25) is 11.7 Å². The molecule has 156 valence electrons. The number of ketones is 1. The first kappa shape index (κ1) is 19.7. The number of hydrogen-bond acceptors (Lipinski definition) is 7. The summed E-state index contributed by atoms with van der Waals surface area (Å²) in [5.41, 5.74) is 0.424. The van der Waals surface area contributed by atoms with E-state index in [9.17, 15) is 14.4 Å². The third-order valence-electron chi connectivity index (χ3n) is 5.03. The third kappa shape index (κ3) is 4.35. The van der Waals surface area contributed by atoms with Crippen LogP contribution in [0.1, 0.15) is 31.7 Å². The molecule has 2 aliphatic rings. The number of rotatable bonds is 7. The summed E-state index contributed by atoms with van der Waals surface area (Å²) in [5.74, 6) is -1.33. The Labute approximate surface area is 173 Å². The predicted molar refractivity (Wildman–Crippen MR) is 107 cm³/mol. The fourth-order valence-electron chi connectivity index (χ4n) is 3.60. The van der Waals surface area contributed by atoms with Gasteiger partial charge in [-0.1, -0.05) is 31.0 Å². The maximum absolute atomic E-state index is 12.4. The zero-order chi connectivity index (χ0) is 20.9. The molecule has 1 aliphatic carbocycles. The highest BCUT2D eigenvalue weighted by Crippen LogP contribution is 2.31. The first-order valence-corrected chi connectivity index (χ1v) is 9.84. The molecule has 1 aliphatic heterocycles. The standard InChI is InChI=1S/C21H22N4O5/c26-16-12-29-20(23-14-6-2-1-3-7-14)19(16)21(28)30-13-18(27)24-17-10-11-22-25(17)15-8-4-5-9-15/h1-3,6-7,10-11,15,23H,4-5,8-9,12-13H2,(H,24,27). The van der Waals surface area contributed by atoms with Crippen LogP contribution in [0.25, 0.3) is 0 Å². The summed E-state index contributed by atoms with van der Waals surface area (Å²) in [6, 6.07) is 11.0. The van der Waals surface area contributed by atoms with E-state index in [4.69, 9.17) is 9.47 Å². The summed E-state index contributed by atoms with van der Waals surface area (Å²) in [5, 5.41) is 9.89. The van der Waals surface area contributed by atoms with Crippen LogP contribution in [-0.4, -0.2) is 40.7 Å². The molecule has 0 radical (unpaired) electrons. The number of anilines is 2. The topological polar surface area (TPSA) is 112 Å². The summed E-state index contributed by atoms with van der Waals surface area (Å²) in [6.07, 6.45) is 5.95. The summed E-state index contributed by atoms with van der Waals surface area (Å²) >= 11 is 0. The summed E-state index contributed by atoms with van der Waals surface area (Å²) in [6.45, 7) is -0.781. The largest absolute Gasteiger partial charge is 0.470 e. The van der Waals surface area contributed by atoms with Crippen LogP contribution in [0.3, 0.4) is 0 Å². The second-order valence-corrected chi connectivity index (χ2v) is 7.13. The van der Waals surface area contributed by atoms with E-state index in [1.165, 1.54) is 0 Å². The highest BCUT2D eigenvalue weighted by atomic mass is 16.5. The Morgan fingerprint density at radius 3 is 2.70 bits per heavy atom. The minimum absolute atomic E-state index is 0.0240. The fourth-order valence-corrected chi connectivity index (χ4v) is 3.60. The Bertz CT molecular complexity index is 976. The van der Waals surface area contributed by atoms with Crippen LogP contribution >= 0.6 is 0 Å². The van der Waals surface area contributed by atoms with Crippen molar-refractivity contribution >= 4 is 29.2 Å². The number of nitrogens with zero attached hydrogens (tertiary/aromatic N) is 2. The molecule has 1 saturated carbocycles. The molecule has 1 aromatic carbocycles. The van der Waals surface area contributed by atoms with E-state index in [0.717, 1.165) is 25.7 Å². The molecule has 30 heavy (non-hydrogen) atoms. The van der Waals surface area contributed by atoms with Gasteiger partial charge < -0.3 is 20.1 Å². The van der Waals surface area contributed by atoms with Crippen LogP contribution in [0, 0.1) is 0 Å². The smallest absolute Gasteiger partial charge is 0.347 e. The van der Waals surface area contributed by atoms with Crippen molar-refractivity contribution in [3.8, 4) is 0 Å². The SMILES string of the molecule is O=C(COC(=O)C1=C(Nc2ccccc2)OCC1=O)Nc1ccnn1C1CCCC1. The number of ether oxygens (including phenoxy) is 2. The number of Topliss-reactive ketones (excluding diaryl/α,β-unsaturated/α-hetero) is 1. The highest BCUT2D eigenvalue weighted by Gasteiger charge is 2.33. The average Bonchev–Trinajstić information content (AvgIpc) is 3.49. The van der Waals surface area contributed by atoms with E-state index in [2.05, 4.69) is 15.7 Å². The van der Waals surface area contributed by atoms with Gasteiger partial charge in [-0.2, -0.15) is 5.10 Å². The van der Waals surface area contributed by atoms with Crippen molar-refractivity contribution in [2.75, 3.05) is 23.8 Å². The van der Waals surface area contributed by atoms with Gasteiger partial charge in [0.15, 0.2) is 18.8 Å². The molecular weight excluding hydrogens is 388 g/mol. The second kappa shape index (κ2) is 8.81. The van der Waals surface area contributed by atoms with Crippen molar-refractivity contribution in [1.29, 1.82) is 0 Å². The Morgan fingerprint density at radius 2 is 1.93 bits per heavy atom. The van der Waals surface area contributed by atoms with E-state index in [-0.39, 0.29) is 24.1 Å². The van der Waals surface area contributed by atoms with E-state index in [1.807, 2.05) is 6.07 Å². The quantitative estimate of drug-likeness (QED) is 0.532. The molecule has 0 unspecified atom stereocenters. The Morgan fingerprint density at radius 1 is 1.17 bits per heavy atom. The van der Waals surface area contributed by atoms with Crippen LogP contribution in [0.2, 0.25) is 0 Å². The van der Waals surface area contributed by atoms with Crippen molar-refractivity contribution < 1.29 is 23.9 Å². The molecule has 1 aromatic heterocycles. The first-order chi connectivity index (χ1) is 14.6. The van der Waals surface area contributed by atoms with E-state index in [1.54, 1.807) is 41.2 Å². The molecule has 9 heteroatoms. The molecule has 2 aromatic rings. The third-order valence-corrected chi connectivity index (χ3v) is 5.03. The fraction of sp³-hybridized carbons (Fsp3) is 0.333. The molecule has 1 amide bonds. The van der Waals surface area contributed by atoms with Gasteiger partial charge in [-0.05, 0) is 25.0 Å². The lowest BCUT2D eigenvalue weighted by atomic mass is 10.2. The maximum Gasteiger partial charge on any atom is 0.347 e. The van der Waals surface area contributed by atoms with Crippen LogP contribution < -0.4 is 10.6 Å². The molecule has 0 spiro atoms. The summed E-state index contributed by atoms with van der Waals surface area (Å²) < 4.78 is 12.1. The lowest BCUT2D eigenvalue weighted by Gasteiger charge is -2.14. The Hall–Kier alpha value is -3.62. The number of para-hydroxylation sites is 1. The van der Waals surface area contributed by atoms with Gasteiger partial charge in [0.1, 0.15) is 5.82 Å². The van der Waals surface area contributed by atoms with E-state index >= 15 is 0 Å². The number of carbonyl (C=O) groups excluding carboxylic acids is 3. The van der Waals surface area contributed by atoms with Crippen molar-refractivity contribution in [2.45, 2.75) is 31.7 Å².